The molecule has 0 saturated heterocycles. The summed E-state index contributed by atoms with van der Waals surface area (Å²) >= 11 is 0. The van der Waals surface area contributed by atoms with Gasteiger partial charge in [-0.3, -0.25) is 5.41 Å². The summed E-state index contributed by atoms with van der Waals surface area (Å²) in [7, 11) is 0. The molecule has 5 aromatic carbocycles. The highest BCUT2D eigenvalue weighted by Gasteiger charge is 2.27. The van der Waals surface area contributed by atoms with E-state index in [0.717, 1.165) is 74.1 Å². The number of allylic oxidation sites excluding steroid dienone is 2. The third-order valence-corrected chi connectivity index (χ3v) is 8.10. The Morgan fingerprint density at radius 2 is 1.28 bits per heavy atom. The molecule has 0 bridgehead atoms. The first-order valence-electron chi connectivity index (χ1n) is 14.2. The van der Waals surface area contributed by atoms with Gasteiger partial charge in [0.2, 0.25) is 0 Å². The second kappa shape index (κ2) is 10.8. The molecule has 0 fully saturated rings. The van der Waals surface area contributed by atoms with Crippen molar-refractivity contribution in [3.63, 3.8) is 0 Å². The summed E-state index contributed by atoms with van der Waals surface area (Å²) in [5.74, 6) is 0.833. The molecule has 43 heavy (non-hydrogen) atoms. The number of aryl methyl sites for hydroxylation is 1. The summed E-state index contributed by atoms with van der Waals surface area (Å²) in [5, 5.41) is 30.0. The highest BCUT2D eigenvalue weighted by molar-refractivity contribution is 6.33. The van der Waals surface area contributed by atoms with Crippen molar-refractivity contribution >= 4 is 22.3 Å². The number of furan rings is 1. The number of hydrogen-bond acceptors (Lipinski definition) is 4. The minimum atomic E-state index is 0.435. The average Bonchev–Trinajstić information content (AvgIpc) is 3.47. The highest BCUT2D eigenvalue weighted by Crippen LogP contribution is 2.44. The van der Waals surface area contributed by atoms with Crippen LogP contribution >= 0.6 is 0 Å². The first-order valence-corrected chi connectivity index (χ1v) is 14.2. The van der Waals surface area contributed by atoms with E-state index in [0.29, 0.717) is 22.4 Å². The Bertz CT molecular complexity index is 2150. The monoisotopic (exact) mass is 551 g/mol. The summed E-state index contributed by atoms with van der Waals surface area (Å²) in [6, 6.07) is 42.1. The standard InChI is InChI=1S/C39H25N3O/c40-23-28-11-4-6-13-31(28)30-21-34(32-14-7-5-12-29(32)24-41)39-35(22-30)37-33(15-8-16-36(37)43-39)38(42)27-19-17-26(18-20-27)25-9-2-1-3-10-25/h1-7,9-15,17-22,42H,8,16H2. The number of nitriles is 2. The van der Waals surface area contributed by atoms with Crippen LogP contribution in [0.5, 0.6) is 0 Å². The summed E-state index contributed by atoms with van der Waals surface area (Å²) in [5.41, 5.74) is 10.3. The maximum Gasteiger partial charge on any atom is 0.142 e. The molecule has 1 aliphatic rings. The summed E-state index contributed by atoms with van der Waals surface area (Å²) in [6.07, 6.45) is 3.61. The molecule has 1 heterocycles. The van der Waals surface area contributed by atoms with E-state index in [1.807, 2.05) is 78.9 Å². The SMILES string of the molecule is N#Cc1ccccc1-c1cc(-c2ccccc2C#N)c2oc3c(c2c1)C(C(=N)c1ccc(-c2ccccc2)cc1)=CCC3. The van der Waals surface area contributed by atoms with Gasteiger partial charge < -0.3 is 4.42 Å². The van der Waals surface area contributed by atoms with Gasteiger partial charge in [0.1, 0.15) is 11.3 Å². The van der Waals surface area contributed by atoms with Gasteiger partial charge in [-0.25, -0.2) is 0 Å². The summed E-state index contributed by atoms with van der Waals surface area (Å²) < 4.78 is 6.60. The fraction of sp³-hybridized carbons (Fsp3) is 0.0513. The molecule has 1 aromatic heterocycles. The molecular weight excluding hydrogens is 526 g/mol. The van der Waals surface area contributed by atoms with E-state index in [1.165, 1.54) is 0 Å². The van der Waals surface area contributed by atoms with Gasteiger partial charge in [-0.15, -0.1) is 0 Å². The average molecular weight is 552 g/mol. The zero-order chi connectivity index (χ0) is 29.3. The molecule has 0 amide bonds. The van der Waals surface area contributed by atoms with Crippen LogP contribution in [0, 0.1) is 28.1 Å². The number of fused-ring (bicyclic) bond motifs is 3. The van der Waals surface area contributed by atoms with Crippen molar-refractivity contribution in [3.05, 3.63) is 149 Å². The molecule has 4 nitrogen and oxygen atoms in total. The van der Waals surface area contributed by atoms with Gasteiger partial charge in [0.15, 0.2) is 0 Å². The molecule has 0 radical (unpaired) electrons. The molecule has 202 valence electrons. The second-order valence-corrected chi connectivity index (χ2v) is 10.6. The quantitative estimate of drug-likeness (QED) is 0.217. The number of nitrogens with zero attached hydrogens (tertiary/aromatic N) is 2. The van der Waals surface area contributed by atoms with Crippen LogP contribution in [0.3, 0.4) is 0 Å². The van der Waals surface area contributed by atoms with E-state index in [1.54, 1.807) is 6.07 Å². The Morgan fingerprint density at radius 3 is 2.00 bits per heavy atom. The molecule has 0 aliphatic heterocycles. The molecule has 4 heteroatoms. The third-order valence-electron chi connectivity index (χ3n) is 8.10. The molecule has 0 unspecified atom stereocenters. The lowest BCUT2D eigenvalue weighted by Gasteiger charge is -2.16. The van der Waals surface area contributed by atoms with Crippen LogP contribution < -0.4 is 0 Å². The van der Waals surface area contributed by atoms with E-state index in [2.05, 4.69) is 48.5 Å². The third kappa shape index (κ3) is 4.52. The molecule has 6 aromatic rings. The Labute approximate surface area is 249 Å². The molecule has 7 rings (SSSR count). The Balaban J connectivity index is 1.42. The molecule has 0 saturated carbocycles. The Kier molecular flexibility index (Phi) is 6.51. The van der Waals surface area contributed by atoms with Crippen molar-refractivity contribution in [2.24, 2.45) is 0 Å². The topological polar surface area (TPSA) is 84.6 Å². The second-order valence-electron chi connectivity index (χ2n) is 10.6. The fourth-order valence-corrected chi connectivity index (χ4v) is 6.02. The van der Waals surface area contributed by atoms with E-state index in [9.17, 15) is 15.9 Å². The van der Waals surface area contributed by atoms with Gasteiger partial charge in [-0.05, 0) is 52.9 Å². The molecular formula is C39H25N3O. The minimum Gasteiger partial charge on any atom is -0.460 e. The van der Waals surface area contributed by atoms with E-state index >= 15 is 0 Å². The maximum absolute atomic E-state index is 9.95. The predicted molar refractivity (Wildman–Crippen MR) is 172 cm³/mol. The van der Waals surface area contributed by atoms with Crippen LogP contribution in [-0.4, -0.2) is 5.71 Å². The molecule has 0 spiro atoms. The first-order chi connectivity index (χ1) is 21.2. The maximum atomic E-state index is 9.95. The summed E-state index contributed by atoms with van der Waals surface area (Å²) in [6.45, 7) is 0. The van der Waals surface area contributed by atoms with E-state index < -0.39 is 0 Å². The number of rotatable bonds is 5. The van der Waals surface area contributed by atoms with Gasteiger partial charge in [0.25, 0.3) is 0 Å². The lowest BCUT2D eigenvalue weighted by atomic mass is 9.86. The van der Waals surface area contributed by atoms with Crippen molar-refractivity contribution in [2.75, 3.05) is 0 Å². The van der Waals surface area contributed by atoms with Gasteiger partial charge in [0.05, 0.1) is 29.0 Å². The fourth-order valence-electron chi connectivity index (χ4n) is 6.02. The van der Waals surface area contributed by atoms with Crippen molar-refractivity contribution in [1.29, 1.82) is 15.9 Å². The van der Waals surface area contributed by atoms with Crippen molar-refractivity contribution in [3.8, 4) is 45.5 Å². The Morgan fingerprint density at radius 1 is 0.651 bits per heavy atom. The molecule has 0 atom stereocenters. The van der Waals surface area contributed by atoms with Crippen LogP contribution in [0.4, 0.5) is 0 Å². The summed E-state index contributed by atoms with van der Waals surface area (Å²) in [4.78, 5) is 0. The largest absolute Gasteiger partial charge is 0.460 e. The van der Waals surface area contributed by atoms with Crippen molar-refractivity contribution in [2.45, 2.75) is 12.8 Å². The van der Waals surface area contributed by atoms with Gasteiger partial charge in [-0.2, -0.15) is 10.5 Å². The number of nitrogens with one attached hydrogen (secondary N) is 1. The van der Waals surface area contributed by atoms with Gasteiger partial charge in [0, 0.05) is 39.6 Å². The minimum absolute atomic E-state index is 0.435. The van der Waals surface area contributed by atoms with Gasteiger partial charge >= 0.3 is 0 Å². The van der Waals surface area contributed by atoms with Crippen LogP contribution in [0.15, 0.2) is 126 Å². The zero-order valence-electron chi connectivity index (χ0n) is 23.3. The number of benzene rings is 5. The number of hydrogen-bond donors (Lipinski definition) is 1. The smallest absolute Gasteiger partial charge is 0.142 e. The van der Waals surface area contributed by atoms with Crippen molar-refractivity contribution < 1.29 is 4.42 Å². The highest BCUT2D eigenvalue weighted by atomic mass is 16.3. The zero-order valence-corrected chi connectivity index (χ0v) is 23.3. The normalized spacial score (nSPS) is 12.2. The lowest BCUT2D eigenvalue weighted by molar-refractivity contribution is 0.546. The van der Waals surface area contributed by atoms with Crippen LogP contribution in [0.2, 0.25) is 0 Å². The predicted octanol–water partition coefficient (Wildman–Crippen LogP) is 9.57. The Hall–Kier alpha value is -5.97. The van der Waals surface area contributed by atoms with Crippen LogP contribution in [-0.2, 0) is 6.42 Å². The van der Waals surface area contributed by atoms with Crippen LogP contribution in [0.1, 0.15) is 34.4 Å². The van der Waals surface area contributed by atoms with E-state index in [4.69, 9.17) is 4.42 Å². The van der Waals surface area contributed by atoms with Crippen molar-refractivity contribution in [1.82, 2.24) is 0 Å². The van der Waals surface area contributed by atoms with Crippen LogP contribution in [0.25, 0.3) is 49.9 Å². The molecule has 1 N–H and O–H groups in total. The van der Waals surface area contributed by atoms with E-state index in [-0.39, 0.29) is 0 Å². The first kappa shape index (κ1) is 26.0. The van der Waals surface area contributed by atoms with Gasteiger partial charge in [-0.1, -0.05) is 97.1 Å². The lowest BCUT2D eigenvalue weighted by Crippen LogP contribution is -2.07. The molecule has 1 aliphatic carbocycles.